The zero-order valence-electron chi connectivity index (χ0n) is 16.2. The molecule has 2 aliphatic heterocycles. The molecule has 2 N–H and O–H groups in total. The highest BCUT2D eigenvalue weighted by Gasteiger charge is 2.41. The fourth-order valence-electron chi connectivity index (χ4n) is 3.62. The number of nitrogens with zero attached hydrogens (tertiary/aromatic N) is 2. The topological polar surface area (TPSA) is 58.1 Å². The molecular weight excluding hydrogens is 328 g/mol. The molecule has 2 fully saturated rings. The van der Waals surface area contributed by atoms with E-state index < -0.39 is 0 Å². The monoisotopic (exact) mass is 360 g/mol. The Morgan fingerprint density at radius 3 is 2.69 bits per heavy atom. The van der Waals surface area contributed by atoms with Crippen molar-refractivity contribution in [3.63, 3.8) is 0 Å². The van der Waals surface area contributed by atoms with Crippen molar-refractivity contribution in [3.05, 3.63) is 29.8 Å². The second-order valence-electron chi connectivity index (χ2n) is 7.44. The highest BCUT2D eigenvalue weighted by atomic mass is 16.5. The third kappa shape index (κ3) is 5.35. The molecule has 144 valence electrons. The van der Waals surface area contributed by atoms with Crippen LogP contribution in [0.15, 0.2) is 29.3 Å². The number of aliphatic imine (C=N–C) groups is 1. The maximum absolute atomic E-state index is 5.90. The van der Waals surface area contributed by atoms with Gasteiger partial charge in [0.05, 0.1) is 24.9 Å². The quantitative estimate of drug-likeness (QED) is 0.422. The Hall–Kier alpha value is -1.79. The number of guanidine groups is 1. The van der Waals surface area contributed by atoms with E-state index in [9.17, 15) is 0 Å². The van der Waals surface area contributed by atoms with E-state index in [1.807, 2.05) is 19.2 Å². The Balaban J connectivity index is 1.39. The summed E-state index contributed by atoms with van der Waals surface area (Å²) < 4.78 is 11.7. The van der Waals surface area contributed by atoms with Crippen molar-refractivity contribution >= 4 is 5.96 Å². The van der Waals surface area contributed by atoms with E-state index in [1.165, 1.54) is 12.0 Å². The molecular formula is C20H32N4O2. The Kier molecular flexibility index (Phi) is 6.74. The van der Waals surface area contributed by atoms with Crippen LogP contribution < -0.4 is 15.4 Å². The van der Waals surface area contributed by atoms with Gasteiger partial charge in [-0.05, 0) is 57.5 Å². The van der Waals surface area contributed by atoms with E-state index in [-0.39, 0.29) is 0 Å². The molecule has 0 spiro atoms. The first-order chi connectivity index (χ1) is 12.6. The summed E-state index contributed by atoms with van der Waals surface area (Å²) in [5, 5.41) is 6.90. The summed E-state index contributed by atoms with van der Waals surface area (Å²) in [6.07, 6.45) is 5.28. The predicted molar refractivity (Wildman–Crippen MR) is 105 cm³/mol. The molecule has 0 aliphatic carbocycles. The number of hydrogen-bond donors (Lipinski definition) is 2. The molecule has 2 bridgehead atoms. The minimum absolute atomic E-state index is 0.350. The average molecular weight is 361 g/mol. The van der Waals surface area contributed by atoms with Crippen molar-refractivity contribution in [2.45, 2.75) is 50.5 Å². The first kappa shape index (κ1) is 19.0. The molecule has 6 nitrogen and oxygen atoms in total. The van der Waals surface area contributed by atoms with Crippen LogP contribution in [0.2, 0.25) is 0 Å². The lowest BCUT2D eigenvalue weighted by atomic mass is 9.96. The molecule has 0 aromatic heterocycles. The van der Waals surface area contributed by atoms with Gasteiger partial charge < -0.3 is 25.0 Å². The second-order valence-corrected chi connectivity index (χ2v) is 7.44. The first-order valence-electron chi connectivity index (χ1n) is 9.63. The Labute approximate surface area is 157 Å². The lowest BCUT2D eigenvalue weighted by Crippen LogP contribution is -2.47. The van der Waals surface area contributed by atoms with E-state index in [0.29, 0.717) is 18.2 Å². The van der Waals surface area contributed by atoms with Crippen LogP contribution in [0.1, 0.15) is 31.2 Å². The fraction of sp³-hybridized carbons (Fsp3) is 0.650. The zero-order valence-corrected chi connectivity index (χ0v) is 16.2. The molecule has 26 heavy (non-hydrogen) atoms. The summed E-state index contributed by atoms with van der Waals surface area (Å²) in [5.74, 6) is 1.77. The van der Waals surface area contributed by atoms with Crippen molar-refractivity contribution in [2.24, 2.45) is 4.99 Å². The molecule has 2 saturated heterocycles. The van der Waals surface area contributed by atoms with Gasteiger partial charge in [-0.15, -0.1) is 0 Å². The van der Waals surface area contributed by atoms with Gasteiger partial charge >= 0.3 is 0 Å². The lowest BCUT2D eigenvalue weighted by molar-refractivity contribution is 0.0992. The molecule has 3 atom stereocenters. The lowest BCUT2D eigenvalue weighted by Gasteiger charge is -2.22. The minimum Gasteiger partial charge on any atom is -0.494 e. The summed E-state index contributed by atoms with van der Waals surface area (Å²) in [4.78, 5) is 6.51. The van der Waals surface area contributed by atoms with E-state index in [4.69, 9.17) is 9.47 Å². The highest BCUT2D eigenvalue weighted by molar-refractivity contribution is 5.80. The van der Waals surface area contributed by atoms with Crippen LogP contribution in [0.3, 0.4) is 0 Å². The van der Waals surface area contributed by atoms with Crippen LogP contribution in [0.5, 0.6) is 5.75 Å². The van der Waals surface area contributed by atoms with E-state index in [2.05, 4.69) is 46.8 Å². The molecule has 2 heterocycles. The van der Waals surface area contributed by atoms with E-state index in [1.54, 1.807) is 0 Å². The summed E-state index contributed by atoms with van der Waals surface area (Å²) in [6, 6.07) is 8.65. The third-order valence-electron chi connectivity index (χ3n) is 5.05. The molecule has 0 saturated carbocycles. The summed E-state index contributed by atoms with van der Waals surface area (Å²) in [6.45, 7) is 2.53. The van der Waals surface area contributed by atoms with Gasteiger partial charge in [-0.1, -0.05) is 12.1 Å². The van der Waals surface area contributed by atoms with Gasteiger partial charge in [0.15, 0.2) is 5.96 Å². The SMILES string of the molecule is CN=C(NCc1ccc(OCCCN(C)C)cc1)NC1CC2CCC1O2. The van der Waals surface area contributed by atoms with Crippen LogP contribution in [-0.2, 0) is 11.3 Å². The standard InChI is InChI=1S/C20H32N4O2/c1-21-20(23-18-13-17-9-10-19(18)26-17)22-14-15-5-7-16(8-6-15)25-12-4-11-24(2)3/h5-8,17-19H,4,9-14H2,1-3H3,(H2,21,22,23). The molecule has 0 radical (unpaired) electrons. The molecule has 3 unspecified atom stereocenters. The van der Waals surface area contributed by atoms with E-state index in [0.717, 1.165) is 50.7 Å². The van der Waals surface area contributed by atoms with Crippen molar-refractivity contribution in [3.8, 4) is 5.75 Å². The molecule has 3 rings (SSSR count). The second kappa shape index (κ2) is 9.24. The maximum Gasteiger partial charge on any atom is 0.191 e. The first-order valence-corrected chi connectivity index (χ1v) is 9.63. The van der Waals surface area contributed by atoms with Crippen LogP contribution in [0, 0.1) is 0 Å². The molecule has 0 amide bonds. The van der Waals surface area contributed by atoms with Crippen molar-refractivity contribution in [2.75, 3.05) is 34.3 Å². The van der Waals surface area contributed by atoms with Gasteiger partial charge in [-0.25, -0.2) is 0 Å². The van der Waals surface area contributed by atoms with Crippen LogP contribution >= 0.6 is 0 Å². The van der Waals surface area contributed by atoms with Gasteiger partial charge in [-0.3, -0.25) is 4.99 Å². The van der Waals surface area contributed by atoms with Crippen molar-refractivity contribution in [1.29, 1.82) is 0 Å². The fourth-order valence-corrected chi connectivity index (χ4v) is 3.62. The number of nitrogens with one attached hydrogen (secondary N) is 2. The largest absolute Gasteiger partial charge is 0.494 e. The van der Waals surface area contributed by atoms with Crippen LogP contribution in [0.25, 0.3) is 0 Å². The molecule has 6 heteroatoms. The zero-order chi connectivity index (χ0) is 18.4. The van der Waals surface area contributed by atoms with Crippen LogP contribution in [0.4, 0.5) is 0 Å². The maximum atomic E-state index is 5.90. The number of hydrogen-bond acceptors (Lipinski definition) is 4. The smallest absolute Gasteiger partial charge is 0.191 e. The Morgan fingerprint density at radius 1 is 1.27 bits per heavy atom. The number of rotatable bonds is 8. The number of ether oxygens (including phenoxy) is 2. The average Bonchev–Trinajstić information content (AvgIpc) is 3.26. The van der Waals surface area contributed by atoms with Gasteiger partial charge in [0.25, 0.3) is 0 Å². The van der Waals surface area contributed by atoms with Crippen LogP contribution in [-0.4, -0.2) is 63.4 Å². The minimum atomic E-state index is 0.350. The van der Waals surface area contributed by atoms with Gasteiger partial charge in [-0.2, -0.15) is 0 Å². The summed E-state index contributed by atoms with van der Waals surface area (Å²) in [5.41, 5.74) is 1.21. The molecule has 2 aliphatic rings. The number of fused-ring (bicyclic) bond motifs is 2. The van der Waals surface area contributed by atoms with Crippen molar-refractivity contribution < 1.29 is 9.47 Å². The van der Waals surface area contributed by atoms with Gasteiger partial charge in [0.1, 0.15) is 5.75 Å². The Morgan fingerprint density at radius 2 is 2.08 bits per heavy atom. The Bertz CT molecular complexity index is 588. The summed E-state index contributed by atoms with van der Waals surface area (Å²) >= 11 is 0. The third-order valence-corrected chi connectivity index (χ3v) is 5.05. The van der Waals surface area contributed by atoms with Gasteiger partial charge in [0, 0.05) is 20.1 Å². The highest BCUT2D eigenvalue weighted by Crippen LogP contribution is 2.34. The van der Waals surface area contributed by atoms with Crippen molar-refractivity contribution in [1.82, 2.24) is 15.5 Å². The predicted octanol–water partition coefficient (Wildman–Crippen LogP) is 2.00. The molecule has 1 aromatic rings. The van der Waals surface area contributed by atoms with E-state index >= 15 is 0 Å². The number of benzene rings is 1. The normalized spacial score (nSPS) is 24.9. The van der Waals surface area contributed by atoms with Gasteiger partial charge in [0.2, 0.25) is 0 Å². The molecule has 1 aromatic carbocycles. The summed E-state index contributed by atoms with van der Waals surface area (Å²) in [7, 11) is 5.97.